The minimum atomic E-state index is -0.993. The maximum atomic E-state index is 9.92. The van der Waals surface area contributed by atoms with Gasteiger partial charge < -0.3 is 15.9 Å². The van der Waals surface area contributed by atoms with Crippen LogP contribution in [0.5, 0.6) is 0 Å². The summed E-state index contributed by atoms with van der Waals surface area (Å²) < 4.78 is 0. The zero-order valence-electron chi connectivity index (χ0n) is 7.84. The first-order valence-electron chi connectivity index (χ1n) is 4.24. The van der Waals surface area contributed by atoms with E-state index in [0.717, 1.165) is 0 Å². The molecule has 1 rings (SSSR count). The summed E-state index contributed by atoms with van der Waals surface area (Å²) in [4.78, 5) is 9.92. The summed E-state index contributed by atoms with van der Waals surface area (Å²) in [5.41, 5.74) is 4.66. The summed E-state index contributed by atoms with van der Waals surface area (Å²) in [7, 11) is 0. The van der Waals surface area contributed by atoms with Gasteiger partial charge in [0.25, 0.3) is 0 Å². The Morgan fingerprint density at radius 3 is 1.64 bits per heavy atom. The maximum absolute atomic E-state index is 9.92. The lowest BCUT2D eigenvalue weighted by Crippen LogP contribution is -2.22. The van der Waals surface area contributed by atoms with E-state index in [1.54, 1.807) is 0 Å². The molecule has 0 fully saturated rings. The molecule has 1 atom stereocenters. The van der Waals surface area contributed by atoms with Crippen LogP contribution >= 0.6 is 0 Å². The van der Waals surface area contributed by atoms with Crippen LogP contribution < -0.4 is 5.73 Å². The molecule has 0 spiro atoms. The van der Waals surface area contributed by atoms with Gasteiger partial charge in [-0.1, -0.05) is 36.4 Å². The number of hydrogen-bond acceptors (Lipinski definition) is 3. The second-order valence-corrected chi connectivity index (χ2v) is 2.66. The molecule has 78 valence electrons. The van der Waals surface area contributed by atoms with Gasteiger partial charge in [0.15, 0.2) is 0 Å². The number of aliphatic hydroxyl groups is 2. The van der Waals surface area contributed by atoms with E-state index >= 15 is 0 Å². The van der Waals surface area contributed by atoms with Crippen molar-refractivity contribution in [2.24, 2.45) is 5.73 Å². The minimum Gasteiger partial charge on any atom is -0.394 e. The maximum Gasteiger partial charge on any atom is 0.220 e. The number of carbonyl (C=O) groups is 1. The smallest absolute Gasteiger partial charge is 0.220 e. The van der Waals surface area contributed by atoms with Crippen LogP contribution in [0.1, 0.15) is 6.42 Å². The molecule has 0 aromatic heterocycles. The fourth-order valence-electron chi connectivity index (χ4n) is 0.682. The van der Waals surface area contributed by atoms with Crippen molar-refractivity contribution in [2.75, 3.05) is 6.61 Å². The number of amides is 1. The van der Waals surface area contributed by atoms with Crippen LogP contribution in [0, 0.1) is 0 Å². The van der Waals surface area contributed by atoms with E-state index in [4.69, 9.17) is 10.2 Å². The standard InChI is InChI=1S/C6H6.C4H9NO3/c1-2-4-6-5-3-1;5-4(8)1-3(7)2-6/h1-6H;3,6-7H,1-2H2,(H2,5,8). The summed E-state index contributed by atoms with van der Waals surface area (Å²) in [6, 6.07) is 12.0. The van der Waals surface area contributed by atoms with Crippen molar-refractivity contribution in [3.05, 3.63) is 36.4 Å². The zero-order valence-corrected chi connectivity index (χ0v) is 7.84. The second-order valence-electron chi connectivity index (χ2n) is 2.66. The SMILES string of the molecule is NC(=O)CC(O)CO.c1ccccc1. The van der Waals surface area contributed by atoms with Gasteiger partial charge in [-0.15, -0.1) is 0 Å². The Morgan fingerprint density at radius 1 is 1.14 bits per heavy atom. The number of hydrogen-bond donors (Lipinski definition) is 3. The molecule has 4 nitrogen and oxygen atoms in total. The second kappa shape index (κ2) is 8.22. The molecule has 0 aliphatic rings. The number of nitrogens with two attached hydrogens (primary N) is 1. The molecule has 0 aliphatic carbocycles. The molecular weight excluding hydrogens is 182 g/mol. The van der Waals surface area contributed by atoms with Gasteiger partial charge in [-0.3, -0.25) is 4.79 Å². The van der Waals surface area contributed by atoms with Crippen LogP contribution in [0.15, 0.2) is 36.4 Å². The Labute approximate surface area is 83.0 Å². The highest BCUT2D eigenvalue weighted by Gasteiger charge is 2.03. The lowest BCUT2D eigenvalue weighted by Gasteiger charge is -2.00. The highest BCUT2D eigenvalue weighted by molar-refractivity contribution is 5.74. The first kappa shape index (κ1) is 12.6. The van der Waals surface area contributed by atoms with E-state index in [2.05, 4.69) is 5.73 Å². The van der Waals surface area contributed by atoms with Gasteiger partial charge in [-0.25, -0.2) is 0 Å². The Balaban J connectivity index is 0.000000249. The van der Waals surface area contributed by atoms with Crippen molar-refractivity contribution in [1.82, 2.24) is 0 Å². The molecule has 1 aromatic carbocycles. The number of aliphatic hydroxyl groups excluding tert-OH is 2. The quantitative estimate of drug-likeness (QED) is 0.632. The van der Waals surface area contributed by atoms with Crippen molar-refractivity contribution < 1.29 is 15.0 Å². The van der Waals surface area contributed by atoms with Gasteiger partial charge in [0.05, 0.1) is 19.1 Å². The predicted molar refractivity (Wildman–Crippen MR) is 53.3 cm³/mol. The Morgan fingerprint density at radius 2 is 1.50 bits per heavy atom. The van der Waals surface area contributed by atoms with Gasteiger partial charge in [-0.05, 0) is 0 Å². The van der Waals surface area contributed by atoms with E-state index in [1.807, 2.05) is 36.4 Å². The summed E-state index contributed by atoms with van der Waals surface area (Å²) >= 11 is 0. The molecule has 14 heavy (non-hydrogen) atoms. The monoisotopic (exact) mass is 197 g/mol. The molecule has 1 aromatic rings. The van der Waals surface area contributed by atoms with Crippen LogP contribution in [-0.2, 0) is 4.79 Å². The number of benzene rings is 1. The van der Waals surface area contributed by atoms with Gasteiger partial charge in [0, 0.05) is 0 Å². The van der Waals surface area contributed by atoms with Gasteiger partial charge >= 0.3 is 0 Å². The van der Waals surface area contributed by atoms with E-state index in [9.17, 15) is 4.79 Å². The van der Waals surface area contributed by atoms with Gasteiger partial charge in [-0.2, -0.15) is 0 Å². The summed E-state index contributed by atoms with van der Waals surface area (Å²) in [6.45, 7) is -0.414. The van der Waals surface area contributed by atoms with Crippen molar-refractivity contribution >= 4 is 5.91 Å². The number of primary amides is 1. The van der Waals surface area contributed by atoms with Crippen molar-refractivity contribution in [3.8, 4) is 0 Å². The molecule has 0 saturated heterocycles. The van der Waals surface area contributed by atoms with Crippen LogP contribution in [0.4, 0.5) is 0 Å². The number of carbonyl (C=O) groups excluding carboxylic acids is 1. The third-order valence-electron chi connectivity index (χ3n) is 1.31. The van der Waals surface area contributed by atoms with E-state index in [1.165, 1.54) is 0 Å². The van der Waals surface area contributed by atoms with E-state index in [-0.39, 0.29) is 6.42 Å². The minimum absolute atomic E-state index is 0.170. The molecule has 1 unspecified atom stereocenters. The topological polar surface area (TPSA) is 83.6 Å². The highest BCUT2D eigenvalue weighted by atomic mass is 16.3. The molecule has 0 bridgehead atoms. The molecule has 1 amide bonds. The lowest BCUT2D eigenvalue weighted by molar-refractivity contribution is -0.120. The molecule has 0 saturated carbocycles. The molecular formula is C10H15NO3. The summed E-state index contributed by atoms with van der Waals surface area (Å²) in [6.07, 6.45) is -1.16. The average Bonchev–Trinajstić information content (AvgIpc) is 2.20. The highest BCUT2D eigenvalue weighted by Crippen LogP contribution is 1.85. The van der Waals surface area contributed by atoms with Crippen LogP contribution in [-0.4, -0.2) is 28.8 Å². The predicted octanol–water partition coefficient (Wildman–Crippen LogP) is -0.0984. The van der Waals surface area contributed by atoms with Crippen molar-refractivity contribution in [1.29, 1.82) is 0 Å². The Bertz CT molecular complexity index is 212. The first-order chi connectivity index (χ1) is 6.66. The third-order valence-corrected chi connectivity index (χ3v) is 1.31. The first-order valence-corrected chi connectivity index (χ1v) is 4.24. The van der Waals surface area contributed by atoms with Crippen LogP contribution in [0.3, 0.4) is 0 Å². The van der Waals surface area contributed by atoms with Gasteiger partial charge in [0.2, 0.25) is 5.91 Å². The Kier molecular flexibility index (Phi) is 7.40. The fraction of sp³-hybridized carbons (Fsp3) is 0.300. The molecule has 4 N–H and O–H groups in total. The number of rotatable bonds is 3. The van der Waals surface area contributed by atoms with E-state index in [0.29, 0.717) is 0 Å². The summed E-state index contributed by atoms with van der Waals surface area (Å²) in [5, 5.41) is 16.6. The Hall–Kier alpha value is -1.39. The van der Waals surface area contributed by atoms with Crippen LogP contribution in [0.25, 0.3) is 0 Å². The summed E-state index contributed by atoms with van der Waals surface area (Å²) in [5.74, 6) is -0.605. The molecule has 0 radical (unpaired) electrons. The lowest BCUT2D eigenvalue weighted by atomic mass is 10.3. The van der Waals surface area contributed by atoms with Crippen molar-refractivity contribution in [3.63, 3.8) is 0 Å². The largest absolute Gasteiger partial charge is 0.394 e. The zero-order chi connectivity index (χ0) is 10.8. The normalized spacial score (nSPS) is 11.0. The van der Waals surface area contributed by atoms with E-state index < -0.39 is 18.6 Å². The third kappa shape index (κ3) is 8.70. The van der Waals surface area contributed by atoms with Crippen molar-refractivity contribution in [2.45, 2.75) is 12.5 Å². The molecule has 0 aliphatic heterocycles. The molecule has 4 heteroatoms. The fourth-order valence-corrected chi connectivity index (χ4v) is 0.682. The van der Waals surface area contributed by atoms with Crippen LogP contribution in [0.2, 0.25) is 0 Å². The molecule has 0 heterocycles. The average molecular weight is 197 g/mol. The van der Waals surface area contributed by atoms with Gasteiger partial charge in [0.1, 0.15) is 0 Å².